The van der Waals surface area contributed by atoms with Crippen LogP contribution in [0.25, 0.3) is 0 Å². The third-order valence-electron chi connectivity index (χ3n) is 4.46. The van der Waals surface area contributed by atoms with Gasteiger partial charge in [-0.2, -0.15) is 0 Å². The average molecular weight is 475 g/mol. The van der Waals surface area contributed by atoms with Crippen molar-refractivity contribution in [2.75, 3.05) is 24.7 Å². The minimum absolute atomic E-state index is 0.137. The zero-order valence-electron chi connectivity index (χ0n) is 16.8. The van der Waals surface area contributed by atoms with Crippen LogP contribution < -0.4 is 21.5 Å². The number of sulfonamides is 1. The van der Waals surface area contributed by atoms with Crippen molar-refractivity contribution in [3.05, 3.63) is 49.5 Å². The van der Waals surface area contributed by atoms with Crippen molar-refractivity contribution in [2.45, 2.75) is 30.0 Å². The number of aryl methyl sites for hydroxylation is 1. The van der Waals surface area contributed by atoms with Crippen molar-refractivity contribution in [1.29, 1.82) is 0 Å². The molecule has 0 saturated heterocycles. The Labute approximate surface area is 179 Å². The summed E-state index contributed by atoms with van der Waals surface area (Å²) in [6.07, 6.45) is 0. The minimum atomic E-state index is -3.95. The molecular formula is C18H19F2N3O6S2. The Morgan fingerprint density at radius 3 is 2.32 bits per heavy atom. The highest BCUT2D eigenvalue weighted by Crippen LogP contribution is 2.41. The topological polar surface area (TPSA) is 129 Å². The molecule has 0 unspecified atom stereocenters. The molecule has 0 saturated carbocycles. The van der Waals surface area contributed by atoms with Crippen molar-refractivity contribution in [1.82, 2.24) is 4.31 Å². The number of hydrogen-bond donors (Lipinski definition) is 3. The molecule has 0 fully saturated rings. The Kier molecular flexibility index (Phi) is 5.71. The van der Waals surface area contributed by atoms with Gasteiger partial charge in [-0.15, -0.1) is 11.3 Å². The van der Waals surface area contributed by atoms with E-state index in [1.54, 1.807) is 6.92 Å². The van der Waals surface area contributed by atoms with Gasteiger partial charge in [0.1, 0.15) is 28.9 Å². The molecule has 0 radical (unpaired) electrons. The quantitative estimate of drug-likeness (QED) is 0.424. The van der Waals surface area contributed by atoms with Gasteiger partial charge in [0.25, 0.3) is 26.8 Å². The average Bonchev–Trinajstić information content (AvgIpc) is 3.25. The first-order chi connectivity index (χ1) is 14.2. The predicted molar refractivity (Wildman–Crippen MR) is 112 cm³/mol. The molecule has 168 valence electrons. The minimum Gasteiger partial charge on any atom is -0.504 e. The van der Waals surface area contributed by atoms with E-state index in [4.69, 9.17) is 4.42 Å². The number of thiophene rings is 1. The lowest BCUT2D eigenvalue weighted by Gasteiger charge is -2.25. The standard InChI is InChI=1S/C18H19F2N3O6S2/c1-8-5-6-10(29-8)16(18(2,19)20)22-12-11(14(25)15(12)26)21-9-7-30-17(13(9)24)31(27,28)23(3)4/h5-7,16,21-22,24H,1-4H3/t16-/m0/s1. The van der Waals surface area contributed by atoms with Crippen LogP contribution in [0.15, 0.2) is 35.7 Å². The second kappa shape index (κ2) is 7.73. The van der Waals surface area contributed by atoms with Crippen molar-refractivity contribution in [3.63, 3.8) is 0 Å². The Balaban J connectivity index is 1.95. The van der Waals surface area contributed by atoms with Crippen LogP contribution in [0.4, 0.5) is 25.8 Å². The molecule has 1 aromatic carbocycles. The molecule has 2 heterocycles. The number of aromatic hydroxyl groups is 1. The summed E-state index contributed by atoms with van der Waals surface area (Å²) in [4.78, 5) is 24.1. The van der Waals surface area contributed by atoms with Gasteiger partial charge in [-0.05, 0) is 19.1 Å². The molecular weight excluding hydrogens is 456 g/mol. The summed E-state index contributed by atoms with van der Waals surface area (Å²) in [6.45, 7) is 2.20. The molecule has 0 aliphatic rings. The van der Waals surface area contributed by atoms with Gasteiger partial charge in [-0.1, -0.05) is 0 Å². The van der Waals surface area contributed by atoms with Gasteiger partial charge in [0.15, 0.2) is 9.96 Å². The first kappa shape index (κ1) is 22.9. The summed E-state index contributed by atoms with van der Waals surface area (Å²) in [7, 11) is -1.40. The Morgan fingerprint density at radius 2 is 1.81 bits per heavy atom. The fourth-order valence-corrected chi connectivity index (χ4v) is 5.14. The van der Waals surface area contributed by atoms with Gasteiger partial charge >= 0.3 is 0 Å². The lowest BCUT2D eigenvalue weighted by atomic mass is 10.1. The van der Waals surface area contributed by atoms with E-state index in [9.17, 15) is 31.9 Å². The fraction of sp³-hybridized carbons (Fsp3) is 0.333. The number of nitrogens with one attached hydrogen (secondary N) is 2. The molecule has 0 bridgehead atoms. The van der Waals surface area contributed by atoms with Gasteiger partial charge in [-0.25, -0.2) is 21.5 Å². The van der Waals surface area contributed by atoms with E-state index in [2.05, 4.69) is 10.6 Å². The van der Waals surface area contributed by atoms with Gasteiger partial charge in [0.2, 0.25) is 0 Å². The normalized spacial score (nSPS) is 13.6. The molecule has 31 heavy (non-hydrogen) atoms. The molecule has 1 atom stereocenters. The molecule has 2 aromatic heterocycles. The molecule has 3 aromatic rings. The molecule has 0 aliphatic carbocycles. The molecule has 0 aliphatic heterocycles. The van der Waals surface area contributed by atoms with E-state index in [-0.39, 0.29) is 21.3 Å². The zero-order valence-corrected chi connectivity index (χ0v) is 18.5. The van der Waals surface area contributed by atoms with E-state index in [1.165, 1.54) is 31.6 Å². The lowest BCUT2D eigenvalue weighted by molar-refractivity contribution is -0.00540. The summed E-state index contributed by atoms with van der Waals surface area (Å²) in [5.74, 6) is -3.77. The van der Waals surface area contributed by atoms with Crippen LogP contribution in [-0.2, 0) is 10.0 Å². The van der Waals surface area contributed by atoms with E-state index >= 15 is 0 Å². The first-order valence-electron chi connectivity index (χ1n) is 8.79. The van der Waals surface area contributed by atoms with Crippen molar-refractivity contribution in [3.8, 4) is 5.75 Å². The van der Waals surface area contributed by atoms with Crippen LogP contribution in [-0.4, -0.2) is 37.8 Å². The van der Waals surface area contributed by atoms with Crippen LogP contribution in [0.3, 0.4) is 0 Å². The smallest absolute Gasteiger partial charge is 0.272 e. The second-order valence-corrected chi connectivity index (χ2v) is 10.3. The third kappa shape index (κ3) is 4.07. The van der Waals surface area contributed by atoms with E-state index in [0.717, 1.165) is 4.31 Å². The number of halogens is 2. The number of alkyl halides is 2. The molecule has 0 amide bonds. The molecule has 13 heteroatoms. The van der Waals surface area contributed by atoms with Crippen molar-refractivity contribution < 1.29 is 26.7 Å². The highest BCUT2D eigenvalue weighted by molar-refractivity contribution is 7.91. The Bertz CT molecular complexity index is 1300. The van der Waals surface area contributed by atoms with Crippen LogP contribution in [0.2, 0.25) is 0 Å². The molecule has 3 N–H and O–H groups in total. The van der Waals surface area contributed by atoms with Crippen molar-refractivity contribution in [2.24, 2.45) is 0 Å². The molecule has 0 spiro atoms. The Morgan fingerprint density at radius 1 is 1.19 bits per heavy atom. The zero-order chi connectivity index (χ0) is 23.3. The molecule has 3 rings (SSSR count). The first-order valence-corrected chi connectivity index (χ1v) is 11.1. The second-order valence-electron chi connectivity index (χ2n) is 7.09. The maximum atomic E-state index is 14.2. The number of furan rings is 1. The largest absolute Gasteiger partial charge is 0.504 e. The molecule has 9 nitrogen and oxygen atoms in total. The van der Waals surface area contributed by atoms with E-state index < -0.39 is 44.3 Å². The van der Waals surface area contributed by atoms with E-state index in [0.29, 0.717) is 24.0 Å². The highest BCUT2D eigenvalue weighted by Gasteiger charge is 2.40. The number of anilines is 3. The van der Waals surface area contributed by atoms with Crippen LogP contribution in [0.1, 0.15) is 24.5 Å². The van der Waals surface area contributed by atoms with Crippen LogP contribution in [0.5, 0.6) is 5.75 Å². The van der Waals surface area contributed by atoms with Gasteiger partial charge in [0, 0.05) is 26.4 Å². The highest BCUT2D eigenvalue weighted by atomic mass is 32.2. The maximum Gasteiger partial charge on any atom is 0.272 e. The summed E-state index contributed by atoms with van der Waals surface area (Å²) in [6, 6.07) is 1.06. The summed E-state index contributed by atoms with van der Waals surface area (Å²) < 4.78 is 58.6. The van der Waals surface area contributed by atoms with E-state index in [1.807, 2.05) is 0 Å². The third-order valence-corrected chi connectivity index (χ3v) is 7.76. The number of hydrogen-bond acceptors (Lipinski definition) is 9. The summed E-state index contributed by atoms with van der Waals surface area (Å²) in [5, 5.41) is 16.3. The maximum absolute atomic E-state index is 14.2. The summed E-state index contributed by atoms with van der Waals surface area (Å²) in [5.41, 5.74) is -2.98. The summed E-state index contributed by atoms with van der Waals surface area (Å²) >= 11 is 0.693. The predicted octanol–water partition coefficient (Wildman–Crippen LogP) is 2.75. The monoisotopic (exact) mass is 475 g/mol. The van der Waals surface area contributed by atoms with Gasteiger partial charge < -0.3 is 20.2 Å². The van der Waals surface area contributed by atoms with Crippen molar-refractivity contribution >= 4 is 38.4 Å². The van der Waals surface area contributed by atoms with Crippen LogP contribution >= 0.6 is 11.3 Å². The van der Waals surface area contributed by atoms with Gasteiger partial charge in [0.05, 0.1) is 5.69 Å². The lowest BCUT2D eigenvalue weighted by Crippen LogP contribution is -2.40. The SMILES string of the molecule is Cc1ccc([C@H](Nc2c(Nc3csc(S(=O)(=O)N(C)C)c3O)c(=O)c2=O)C(C)(F)F)o1. The Hall–Kier alpha value is -2.77. The fourth-order valence-electron chi connectivity index (χ4n) is 2.76. The number of rotatable bonds is 8. The van der Waals surface area contributed by atoms with Crippen LogP contribution in [0, 0.1) is 6.92 Å². The number of nitrogens with zero attached hydrogens (tertiary/aromatic N) is 1. The van der Waals surface area contributed by atoms with Gasteiger partial charge in [-0.3, -0.25) is 9.59 Å².